The molecule has 2 N–H and O–H groups in total. The van der Waals surface area contributed by atoms with E-state index in [0.717, 1.165) is 10.4 Å². The van der Waals surface area contributed by atoms with Crippen LogP contribution in [0.25, 0.3) is 11.3 Å². The predicted molar refractivity (Wildman–Crippen MR) is 71.7 cm³/mol. The Morgan fingerprint density at radius 1 is 1.39 bits per heavy atom. The summed E-state index contributed by atoms with van der Waals surface area (Å²) in [6.45, 7) is 0. The van der Waals surface area contributed by atoms with E-state index in [1.54, 1.807) is 31.6 Å². The van der Waals surface area contributed by atoms with Crippen molar-refractivity contribution >= 4 is 22.6 Å². The fourth-order valence-corrected chi connectivity index (χ4v) is 2.39. The van der Waals surface area contributed by atoms with Gasteiger partial charge in [0.05, 0.1) is 23.3 Å². The van der Waals surface area contributed by atoms with Gasteiger partial charge in [0.1, 0.15) is 11.8 Å². The highest BCUT2D eigenvalue weighted by Gasteiger charge is 2.13. The van der Waals surface area contributed by atoms with E-state index in [4.69, 9.17) is 10.5 Å². The molecule has 0 fully saturated rings. The summed E-state index contributed by atoms with van der Waals surface area (Å²) in [5.41, 5.74) is 7.68. The Bertz CT molecular complexity index is 611. The van der Waals surface area contributed by atoms with Gasteiger partial charge in [0.25, 0.3) is 0 Å². The largest absolute Gasteiger partial charge is 0.495 e. The van der Waals surface area contributed by atoms with Crippen LogP contribution in [0.4, 0.5) is 0 Å². The first-order valence-electron chi connectivity index (χ1n) is 5.20. The minimum atomic E-state index is 0.426. The number of allylic oxidation sites excluding steroid dienone is 1. The number of methoxy groups -OCH3 is 1. The summed E-state index contributed by atoms with van der Waals surface area (Å²) < 4.78 is 5.21. The van der Waals surface area contributed by atoms with E-state index in [1.807, 2.05) is 11.4 Å². The third-order valence-corrected chi connectivity index (χ3v) is 3.37. The number of hydrogen-bond donors (Lipinski definition) is 1. The number of pyridine rings is 1. The molecule has 2 aromatic rings. The Labute approximate surface area is 109 Å². The Kier molecular flexibility index (Phi) is 3.60. The highest BCUT2D eigenvalue weighted by atomic mass is 32.1. The Morgan fingerprint density at radius 3 is 2.72 bits per heavy atom. The van der Waals surface area contributed by atoms with Gasteiger partial charge in [-0.05, 0) is 29.1 Å². The minimum Gasteiger partial charge on any atom is -0.495 e. The zero-order valence-electron chi connectivity index (χ0n) is 9.75. The fourth-order valence-electron chi connectivity index (χ4n) is 1.57. The van der Waals surface area contributed by atoms with Crippen LogP contribution in [0, 0.1) is 11.3 Å². The highest BCUT2D eigenvalue weighted by Crippen LogP contribution is 2.32. The van der Waals surface area contributed by atoms with Crippen LogP contribution in [0.2, 0.25) is 0 Å². The molecule has 0 aromatic carbocycles. The van der Waals surface area contributed by atoms with Crippen molar-refractivity contribution in [2.24, 2.45) is 5.73 Å². The molecule has 4 nitrogen and oxygen atoms in total. The second-order valence-corrected chi connectivity index (χ2v) is 4.37. The van der Waals surface area contributed by atoms with Crippen molar-refractivity contribution in [1.29, 1.82) is 5.26 Å². The van der Waals surface area contributed by atoms with E-state index in [-0.39, 0.29) is 0 Å². The number of aromatic nitrogens is 1. The first-order valence-corrected chi connectivity index (χ1v) is 6.08. The number of thiophene rings is 1. The molecule has 0 aliphatic heterocycles. The number of nitrogens with two attached hydrogens (primary N) is 1. The second kappa shape index (κ2) is 5.34. The molecule has 2 aromatic heterocycles. The molecule has 0 spiro atoms. The van der Waals surface area contributed by atoms with Crippen LogP contribution in [-0.4, -0.2) is 12.1 Å². The molecule has 0 radical (unpaired) electrons. The van der Waals surface area contributed by atoms with Crippen molar-refractivity contribution in [1.82, 2.24) is 4.98 Å². The fraction of sp³-hybridized carbons (Fsp3) is 0.0769. The highest BCUT2D eigenvalue weighted by molar-refractivity contribution is 7.11. The average Bonchev–Trinajstić information content (AvgIpc) is 2.89. The summed E-state index contributed by atoms with van der Waals surface area (Å²) in [4.78, 5) is 4.69. The number of nitriles is 1. The van der Waals surface area contributed by atoms with Crippen molar-refractivity contribution in [3.63, 3.8) is 0 Å². The van der Waals surface area contributed by atoms with Crippen molar-refractivity contribution in [2.45, 2.75) is 0 Å². The lowest BCUT2D eigenvalue weighted by molar-refractivity contribution is 0.415. The summed E-state index contributed by atoms with van der Waals surface area (Å²) in [5.74, 6) is 0.680. The summed E-state index contributed by atoms with van der Waals surface area (Å²) in [5, 5.41) is 11.1. The predicted octanol–water partition coefficient (Wildman–Crippen LogP) is 2.50. The molecule has 0 aliphatic carbocycles. The smallest absolute Gasteiger partial charge is 0.138 e. The first-order chi connectivity index (χ1) is 8.77. The normalized spacial score (nSPS) is 11.6. The second-order valence-electron chi connectivity index (χ2n) is 3.45. The zero-order chi connectivity index (χ0) is 13.0. The SMILES string of the molecule is COc1ccsc1/C(N)=C(/C#N)c1ccncc1. The van der Waals surface area contributed by atoms with Crippen molar-refractivity contribution in [3.05, 3.63) is 46.4 Å². The number of nitrogens with zero attached hydrogens (tertiary/aromatic N) is 2. The Hall–Kier alpha value is -2.32. The van der Waals surface area contributed by atoms with Gasteiger partial charge < -0.3 is 10.5 Å². The molecule has 5 heteroatoms. The van der Waals surface area contributed by atoms with Gasteiger partial charge in [0, 0.05) is 12.4 Å². The van der Waals surface area contributed by atoms with E-state index < -0.39 is 0 Å². The van der Waals surface area contributed by atoms with Crippen LogP contribution in [0.3, 0.4) is 0 Å². The Balaban J connectivity index is 2.55. The molecular formula is C13H11N3OS. The maximum atomic E-state index is 9.27. The molecule has 0 amide bonds. The van der Waals surface area contributed by atoms with E-state index >= 15 is 0 Å². The molecule has 0 unspecified atom stereocenters. The van der Waals surface area contributed by atoms with Crippen molar-refractivity contribution in [3.8, 4) is 11.8 Å². The van der Waals surface area contributed by atoms with E-state index in [9.17, 15) is 5.26 Å². The average molecular weight is 257 g/mol. The van der Waals surface area contributed by atoms with Crippen LogP contribution < -0.4 is 10.5 Å². The van der Waals surface area contributed by atoms with Gasteiger partial charge in [-0.15, -0.1) is 11.3 Å². The summed E-state index contributed by atoms with van der Waals surface area (Å²) in [6.07, 6.45) is 3.26. The quantitative estimate of drug-likeness (QED) is 0.857. The van der Waals surface area contributed by atoms with E-state index in [0.29, 0.717) is 17.0 Å². The van der Waals surface area contributed by atoms with E-state index in [1.165, 1.54) is 11.3 Å². The number of hydrogen-bond acceptors (Lipinski definition) is 5. The van der Waals surface area contributed by atoms with E-state index in [2.05, 4.69) is 11.1 Å². The third-order valence-electron chi connectivity index (χ3n) is 2.44. The van der Waals surface area contributed by atoms with Gasteiger partial charge in [-0.3, -0.25) is 4.98 Å². The van der Waals surface area contributed by atoms with Gasteiger partial charge >= 0.3 is 0 Å². The summed E-state index contributed by atoms with van der Waals surface area (Å²) in [6, 6.07) is 7.47. The molecule has 2 rings (SSSR count). The first kappa shape index (κ1) is 12.1. The molecule has 0 atom stereocenters. The molecule has 0 bridgehead atoms. The van der Waals surface area contributed by atoms with Crippen LogP contribution >= 0.6 is 11.3 Å². The molecular weight excluding hydrogens is 246 g/mol. The number of ether oxygens (including phenoxy) is 1. The van der Waals surface area contributed by atoms with Crippen molar-refractivity contribution < 1.29 is 4.74 Å². The number of rotatable bonds is 3. The van der Waals surface area contributed by atoms with Gasteiger partial charge in [-0.2, -0.15) is 5.26 Å². The zero-order valence-corrected chi connectivity index (χ0v) is 10.6. The third kappa shape index (κ3) is 2.19. The topological polar surface area (TPSA) is 71.9 Å². The maximum Gasteiger partial charge on any atom is 0.138 e. The summed E-state index contributed by atoms with van der Waals surface area (Å²) >= 11 is 1.45. The van der Waals surface area contributed by atoms with Gasteiger partial charge in [0.15, 0.2) is 0 Å². The standard InChI is InChI=1S/C13H11N3OS/c1-17-11-4-7-18-13(11)12(15)10(8-14)9-2-5-16-6-3-9/h2-7H,15H2,1H3/b12-10+. The van der Waals surface area contributed by atoms with Gasteiger partial charge in [-0.25, -0.2) is 0 Å². The Morgan fingerprint density at radius 2 is 2.11 bits per heavy atom. The lowest BCUT2D eigenvalue weighted by Gasteiger charge is -2.06. The lowest BCUT2D eigenvalue weighted by atomic mass is 10.1. The van der Waals surface area contributed by atoms with Crippen LogP contribution in [-0.2, 0) is 0 Å². The lowest BCUT2D eigenvalue weighted by Crippen LogP contribution is -2.00. The van der Waals surface area contributed by atoms with Crippen LogP contribution in [0.1, 0.15) is 10.4 Å². The van der Waals surface area contributed by atoms with Crippen LogP contribution in [0.15, 0.2) is 36.0 Å². The monoisotopic (exact) mass is 257 g/mol. The molecule has 18 heavy (non-hydrogen) atoms. The van der Waals surface area contributed by atoms with Gasteiger partial charge in [-0.1, -0.05) is 0 Å². The molecule has 90 valence electrons. The van der Waals surface area contributed by atoms with Gasteiger partial charge in [0.2, 0.25) is 0 Å². The summed E-state index contributed by atoms with van der Waals surface area (Å²) in [7, 11) is 1.58. The minimum absolute atomic E-state index is 0.426. The maximum absolute atomic E-state index is 9.27. The molecule has 0 saturated heterocycles. The molecule has 0 saturated carbocycles. The molecule has 0 aliphatic rings. The van der Waals surface area contributed by atoms with Crippen molar-refractivity contribution in [2.75, 3.05) is 7.11 Å². The van der Waals surface area contributed by atoms with Crippen LogP contribution in [0.5, 0.6) is 5.75 Å². The molecule has 2 heterocycles.